The molecule has 0 spiro atoms. The van der Waals surface area contributed by atoms with E-state index in [0.29, 0.717) is 6.54 Å². The van der Waals surface area contributed by atoms with Crippen molar-refractivity contribution in [1.29, 1.82) is 0 Å². The van der Waals surface area contributed by atoms with Gasteiger partial charge in [-0.15, -0.1) is 12.4 Å². The molecule has 5 nitrogen and oxygen atoms in total. The molecule has 1 heterocycles. The summed E-state index contributed by atoms with van der Waals surface area (Å²) in [5, 5.41) is 10.8. The van der Waals surface area contributed by atoms with Crippen molar-refractivity contribution in [3.8, 4) is 0 Å². The highest BCUT2D eigenvalue weighted by Crippen LogP contribution is 2.21. The minimum Gasteiger partial charge on any atom is -0.326 e. The Kier molecular flexibility index (Phi) is 4.86. The number of benzene rings is 1. The highest BCUT2D eigenvalue weighted by molar-refractivity contribution is 5.85. The van der Waals surface area contributed by atoms with Crippen LogP contribution >= 0.6 is 12.4 Å². The van der Waals surface area contributed by atoms with Crippen LogP contribution in [-0.2, 0) is 6.54 Å². The van der Waals surface area contributed by atoms with Crippen molar-refractivity contribution in [1.82, 2.24) is 4.90 Å². The maximum absolute atomic E-state index is 10.8. The molecule has 2 N–H and O–H groups in total. The first kappa shape index (κ1) is 13.9. The van der Waals surface area contributed by atoms with Crippen molar-refractivity contribution in [3.63, 3.8) is 0 Å². The maximum atomic E-state index is 10.8. The van der Waals surface area contributed by atoms with E-state index in [-0.39, 0.29) is 29.1 Å². The SMILES string of the molecule is Cl.N[C@@H]1CCN(Cc2ccccc2[N+](=O)[O-])C1. The predicted octanol–water partition coefficient (Wildman–Crippen LogP) is 1.55. The minimum absolute atomic E-state index is 0. The highest BCUT2D eigenvalue weighted by Gasteiger charge is 2.21. The van der Waals surface area contributed by atoms with Crippen LogP contribution in [0.4, 0.5) is 5.69 Å². The molecule has 0 aromatic heterocycles. The van der Waals surface area contributed by atoms with E-state index in [2.05, 4.69) is 4.90 Å². The van der Waals surface area contributed by atoms with E-state index in [4.69, 9.17) is 5.73 Å². The van der Waals surface area contributed by atoms with Gasteiger partial charge in [-0.05, 0) is 6.42 Å². The number of hydrogen-bond acceptors (Lipinski definition) is 4. The fraction of sp³-hybridized carbons (Fsp3) is 0.455. The minimum atomic E-state index is -0.328. The Morgan fingerprint density at radius 2 is 2.18 bits per heavy atom. The number of halogens is 1. The molecule has 1 aliphatic rings. The zero-order valence-corrected chi connectivity index (χ0v) is 10.2. The predicted molar refractivity (Wildman–Crippen MR) is 68.2 cm³/mol. The second-order valence-corrected chi connectivity index (χ2v) is 4.17. The van der Waals surface area contributed by atoms with E-state index in [1.165, 1.54) is 0 Å². The van der Waals surface area contributed by atoms with Gasteiger partial charge in [0.2, 0.25) is 0 Å². The summed E-state index contributed by atoms with van der Waals surface area (Å²) < 4.78 is 0. The maximum Gasteiger partial charge on any atom is 0.273 e. The Balaban J connectivity index is 0.00000144. The molecule has 1 aromatic carbocycles. The van der Waals surface area contributed by atoms with Gasteiger partial charge in [-0.3, -0.25) is 15.0 Å². The number of nitrogens with two attached hydrogens (primary N) is 1. The van der Waals surface area contributed by atoms with Gasteiger partial charge in [0.1, 0.15) is 0 Å². The van der Waals surface area contributed by atoms with Crippen molar-refractivity contribution in [2.75, 3.05) is 13.1 Å². The van der Waals surface area contributed by atoms with Crippen LogP contribution in [0.5, 0.6) is 0 Å². The third-order valence-corrected chi connectivity index (χ3v) is 2.89. The summed E-state index contributed by atoms with van der Waals surface area (Å²) in [5.41, 5.74) is 6.76. The number of nitro groups is 1. The molecule has 1 fully saturated rings. The number of nitrogens with zero attached hydrogens (tertiary/aromatic N) is 2. The van der Waals surface area contributed by atoms with Crippen LogP contribution in [0, 0.1) is 10.1 Å². The van der Waals surface area contributed by atoms with Crippen LogP contribution in [-0.4, -0.2) is 29.0 Å². The van der Waals surface area contributed by atoms with Gasteiger partial charge < -0.3 is 5.73 Å². The molecular weight excluding hydrogens is 242 g/mol. The average molecular weight is 258 g/mol. The summed E-state index contributed by atoms with van der Waals surface area (Å²) in [4.78, 5) is 12.7. The fourth-order valence-corrected chi connectivity index (χ4v) is 2.07. The molecular formula is C11H16ClN3O2. The van der Waals surface area contributed by atoms with E-state index >= 15 is 0 Å². The van der Waals surface area contributed by atoms with E-state index in [9.17, 15) is 10.1 Å². The van der Waals surface area contributed by atoms with Gasteiger partial charge in [0.25, 0.3) is 5.69 Å². The average Bonchev–Trinajstić information content (AvgIpc) is 2.64. The number of hydrogen-bond donors (Lipinski definition) is 1. The van der Waals surface area contributed by atoms with Gasteiger partial charge in [0.05, 0.1) is 4.92 Å². The first-order valence-corrected chi connectivity index (χ1v) is 5.37. The Morgan fingerprint density at radius 1 is 1.47 bits per heavy atom. The van der Waals surface area contributed by atoms with Crippen molar-refractivity contribution in [2.45, 2.75) is 19.0 Å². The molecule has 1 aliphatic heterocycles. The molecule has 17 heavy (non-hydrogen) atoms. The van der Waals surface area contributed by atoms with E-state index in [1.54, 1.807) is 12.1 Å². The third-order valence-electron chi connectivity index (χ3n) is 2.89. The van der Waals surface area contributed by atoms with Gasteiger partial charge in [0.15, 0.2) is 0 Å². The van der Waals surface area contributed by atoms with Crippen LogP contribution in [0.15, 0.2) is 24.3 Å². The summed E-state index contributed by atoms with van der Waals surface area (Å²) in [7, 11) is 0. The largest absolute Gasteiger partial charge is 0.326 e. The van der Waals surface area contributed by atoms with E-state index in [0.717, 1.165) is 25.1 Å². The van der Waals surface area contributed by atoms with Crippen molar-refractivity contribution in [3.05, 3.63) is 39.9 Å². The van der Waals surface area contributed by atoms with Gasteiger partial charge in [-0.25, -0.2) is 0 Å². The fourth-order valence-electron chi connectivity index (χ4n) is 2.07. The lowest BCUT2D eigenvalue weighted by atomic mass is 10.1. The normalized spacial score (nSPS) is 19.9. The first-order valence-electron chi connectivity index (χ1n) is 5.37. The van der Waals surface area contributed by atoms with Crippen LogP contribution < -0.4 is 5.73 Å². The van der Waals surface area contributed by atoms with E-state index in [1.807, 2.05) is 12.1 Å². The molecule has 0 amide bonds. The second kappa shape index (κ2) is 5.95. The Bertz CT molecular complexity index is 400. The van der Waals surface area contributed by atoms with E-state index < -0.39 is 0 Å². The summed E-state index contributed by atoms with van der Waals surface area (Å²) in [6.07, 6.45) is 0.973. The number of likely N-dealkylation sites (tertiary alicyclic amines) is 1. The number of nitro benzene ring substituents is 1. The van der Waals surface area contributed by atoms with Gasteiger partial charge in [-0.2, -0.15) is 0 Å². The van der Waals surface area contributed by atoms with Gasteiger partial charge >= 0.3 is 0 Å². The van der Waals surface area contributed by atoms with Crippen molar-refractivity contribution < 1.29 is 4.92 Å². The Morgan fingerprint density at radius 3 is 2.76 bits per heavy atom. The Hall–Kier alpha value is -1.17. The number of rotatable bonds is 3. The summed E-state index contributed by atoms with van der Waals surface area (Å²) in [6, 6.07) is 7.09. The molecule has 1 atom stereocenters. The van der Waals surface area contributed by atoms with Gasteiger partial charge in [0, 0.05) is 37.3 Å². The quantitative estimate of drug-likeness (QED) is 0.659. The molecule has 0 saturated carbocycles. The molecule has 0 unspecified atom stereocenters. The van der Waals surface area contributed by atoms with Crippen LogP contribution in [0.3, 0.4) is 0 Å². The lowest BCUT2D eigenvalue weighted by Gasteiger charge is -2.14. The molecule has 1 saturated heterocycles. The molecule has 1 aromatic rings. The Labute approximate surface area is 106 Å². The second-order valence-electron chi connectivity index (χ2n) is 4.17. The lowest BCUT2D eigenvalue weighted by molar-refractivity contribution is -0.385. The van der Waals surface area contributed by atoms with Crippen LogP contribution in [0.2, 0.25) is 0 Å². The zero-order valence-electron chi connectivity index (χ0n) is 9.41. The standard InChI is InChI=1S/C11H15N3O2.ClH/c12-10-5-6-13(8-10)7-9-3-1-2-4-11(9)14(15)16;/h1-4,10H,5-8,12H2;1H/t10-;/m1./s1. The van der Waals surface area contributed by atoms with Crippen LogP contribution in [0.25, 0.3) is 0 Å². The summed E-state index contributed by atoms with van der Waals surface area (Å²) in [5.74, 6) is 0. The molecule has 0 bridgehead atoms. The molecule has 0 aliphatic carbocycles. The van der Waals surface area contributed by atoms with Gasteiger partial charge in [-0.1, -0.05) is 18.2 Å². The number of para-hydroxylation sites is 1. The van der Waals surface area contributed by atoms with Crippen LogP contribution in [0.1, 0.15) is 12.0 Å². The monoisotopic (exact) mass is 257 g/mol. The molecule has 2 rings (SSSR count). The lowest BCUT2D eigenvalue weighted by Crippen LogP contribution is -2.26. The smallest absolute Gasteiger partial charge is 0.273 e. The topological polar surface area (TPSA) is 72.4 Å². The molecule has 94 valence electrons. The summed E-state index contributed by atoms with van der Waals surface area (Å²) in [6.45, 7) is 2.37. The molecule has 6 heteroatoms. The highest BCUT2D eigenvalue weighted by atomic mass is 35.5. The van der Waals surface area contributed by atoms with Crippen molar-refractivity contribution >= 4 is 18.1 Å². The van der Waals surface area contributed by atoms with Crippen molar-refractivity contribution in [2.24, 2.45) is 5.73 Å². The third kappa shape index (κ3) is 3.39. The zero-order chi connectivity index (χ0) is 11.5. The molecule has 0 radical (unpaired) electrons. The first-order chi connectivity index (χ1) is 7.66. The summed E-state index contributed by atoms with van der Waals surface area (Å²) >= 11 is 0.